The van der Waals surface area contributed by atoms with Gasteiger partial charge in [-0.2, -0.15) is 0 Å². The number of halogens is 1. The van der Waals surface area contributed by atoms with Crippen molar-refractivity contribution in [1.29, 1.82) is 5.41 Å². The molecule has 0 saturated heterocycles. The fourth-order valence-corrected chi connectivity index (χ4v) is 2.43. The molecule has 3 N–H and O–H groups in total. The summed E-state index contributed by atoms with van der Waals surface area (Å²) in [7, 11) is 1.97. The Bertz CT molecular complexity index is 640. The van der Waals surface area contributed by atoms with Gasteiger partial charge >= 0.3 is 0 Å². The van der Waals surface area contributed by atoms with Crippen molar-refractivity contribution in [2.75, 3.05) is 11.9 Å². The summed E-state index contributed by atoms with van der Waals surface area (Å²) in [4.78, 5) is 6.54. The Balaban J connectivity index is 2.29. The molecule has 1 aromatic heterocycles. The molecule has 0 saturated carbocycles. The number of pyridine rings is 1. The van der Waals surface area contributed by atoms with E-state index in [-0.39, 0.29) is 5.84 Å². The van der Waals surface area contributed by atoms with Gasteiger partial charge < -0.3 is 10.6 Å². The van der Waals surface area contributed by atoms with Crippen molar-refractivity contribution in [3.05, 3.63) is 57.8 Å². The summed E-state index contributed by atoms with van der Waals surface area (Å²) in [6.07, 6.45) is 0. The topological polar surface area (TPSA) is 66.0 Å². The second-order valence-corrected chi connectivity index (χ2v) is 5.62. The molecule has 5 heteroatoms. The Morgan fingerprint density at radius 2 is 2.10 bits per heavy atom. The Hall–Kier alpha value is -1.88. The average Bonchev–Trinajstić information content (AvgIpc) is 2.38. The van der Waals surface area contributed by atoms with Gasteiger partial charge in [-0.15, -0.1) is 0 Å². The van der Waals surface area contributed by atoms with Crippen molar-refractivity contribution in [3.8, 4) is 0 Å². The van der Waals surface area contributed by atoms with E-state index in [1.165, 1.54) is 0 Å². The highest BCUT2D eigenvalue weighted by Gasteiger charge is 2.11. The maximum Gasteiger partial charge on any atom is 0.124 e. The van der Waals surface area contributed by atoms with Crippen LogP contribution < -0.4 is 10.6 Å². The van der Waals surface area contributed by atoms with Crippen LogP contribution in [0.5, 0.6) is 0 Å². The van der Waals surface area contributed by atoms with E-state index in [0.717, 1.165) is 27.1 Å². The number of hydrogen-bond donors (Lipinski definition) is 2. The lowest BCUT2D eigenvalue weighted by Gasteiger charge is -2.22. The monoisotopic (exact) mass is 332 g/mol. The van der Waals surface area contributed by atoms with Crippen molar-refractivity contribution in [1.82, 2.24) is 4.98 Å². The van der Waals surface area contributed by atoms with Gasteiger partial charge in [-0.3, -0.25) is 10.4 Å². The molecule has 20 heavy (non-hydrogen) atoms. The van der Waals surface area contributed by atoms with Gasteiger partial charge in [0.15, 0.2) is 0 Å². The molecule has 2 aromatic rings. The van der Waals surface area contributed by atoms with Crippen LogP contribution in [0.4, 0.5) is 5.69 Å². The SMILES string of the molecule is Cc1cccc(CN(C)c2ccc(Br)cc2C(=N)N)n1. The molecule has 0 aliphatic heterocycles. The predicted molar refractivity (Wildman–Crippen MR) is 86.2 cm³/mol. The number of amidine groups is 1. The molecule has 4 nitrogen and oxygen atoms in total. The van der Waals surface area contributed by atoms with E-state index in [2.05, 4.69) is 20.9 Å². The second kappa shape index (κ2) is 6.05. The number of benzene rings is 1. The number of nitrogen functional groups attached to an aromatic ring is 1. The third kappa shape index (κ3) is 3.36. The molecular weight excluding hydrogens is 316 g/mol. The van der Waals surface area contributed by atoms with E-state index in [1.54, 1.807) is 0 Å². The number of anilines is 1. The Kier molecular flexibility index (Phi) is 4.39. The number of aromatic nitrogens is 1. The summed E-state index contributed by atoms with van der Waals surface area (Å²) in [6, 6.07) is 11.7. The number of hydrogen-bond acceptors (Lipinski definition) is 3. The van der Waals surface area contributed by atoms with Gasteiger partial charge in [0.05, 0.1) is 12.2 Å². The zero-order chi connectivity index (χ0) is 14.7. The summed E-state index contributed by atoms with van der Waals surface area (Å²) in [5, 5.41) is 7.69. The Morgan fingerprint density at radius 1 is 1.35 bits per heavy atom. The van der Waals surface area contributed by atoms with Crippen LogP contribution in [0.1, 0.15) is 17.0 Å². The minimum Gasteiger partial charge on any atom is -0.384 e. The van der Waals surface area contributed by atoms with E-state index in [1.807, 2.05) is 55.3 Å². The number of nitrogens with zero attached hydrogens (tertiary/aromatic N) is 2. The summed E-state index contributed by atoms with van der Waals surface area (Å²) in [5.74, 6) is 0.0605. The minimum atomic E-state index is 0.0605. The quantitative estimate of drug-likeness (QED) is 0.667. The van der Waals surface area contributed by atoms with Crippen LogP contribution in [0.15, 0.2) is 40.9 Å². The highest BCUT2D eigenvalue weighted by atomic mass is 79.9. The zero-order valence-electron chi connectivity index (χ0n) is 11.5. The molecule has 0 aliphatic rings. The van der Waals surface area contributed by atoms with Crippen LogP contribution in [-0.2, 0) is 6.54 Å². The highest BCUT2D eigenvalue weighted by molar-refractivity contribution is 9.10. The van der Waals surface area contributed by atoms with Crippen molar-refractivity contribution in [2.45, 2.75) is 13.5 Å². The molecule has 0 bridgehead atoms. The number of nitrogens with two attached hydrogens (primary N) is 1. The van der Waals surface area contributed by atoms with Crippen LogP contribution in [0, 0.1) is 12.3 Å². The van der Waals surface area contributed by atoms with Gasteiger partial charge in [0.25, 0.3) is 0 Å². The van der Waals surface area contributed by atoms with E-state index >= 15 is 0 Å². The Morgan fingerprint density at radius 3 is 2.75 bits per heavy atom. The average molecular weight is 333 g/mol. The first-order valence-electron chi connectivity index (χ1n) is 6.25. The van der Waals surface area contributed by atoms with Crippen molar-refractivity contribution in [2.24, 2.45) is 5.73 Å². The highest BCUT2D eigenvalue weighted by Crippen LogP contribution is 2.24. The summed E-state index contributed by atoms with van der Waals surface area (Å²) in [6.45, 7) is 2.65. The fraction of sp³-hybridized carbons (Fsp3) is 0.200. The first-order chi connectivity index (χ1) is 9.47. The molecule has 0 spiro atoms. The standard InChI is InChI=1S/C15H17BrN4/c1-10-4-3-5-12(19-10)9-20(2)14-7-6-11(16)8-13(14)15(17)18/h3-8H,9H2,1-2H3,(H3,17,18). The molecule has 104 valence electrons. The normalized spacial score (nSPS) is 10.3. The first kappa shape index (κ1) is 14.5. The van der Waals surface area contributed by atoms with Crippen LogP contribution in [-0.4, -0.2) is 17.9 Å². The van der Waals surface area contributed by atoms with Gasteiger partial charge in [0.2, 0.25) is 0 Å². The minimum absolute atomic E-state index is 0.0605. The predicted octanol–water partition coefficient (Wildman–Crippen LogP) is 3.07. The first-order valence-corrected chi connectivity index (χ1v) is 7.04. The third-order valence-corrected chi connectivity index (χ3v) is 3.50. The van der Waals surface area contributed by atoms with Crippen molar-refractivity contribution < 1.29 is 0 Å². The zero-order valence-corrected chi connectivity index (χ0v) is 13.1. The van der Waals surface area contributed by atoms with Crippen molar-refractivity contribution in [3.63, 3.8) is 0 Å². The maximum atomic E-state index is 7.69. The van der Waals surface area contributed by atoms with Crippen LogP contribution in [0.3, 0.4) is 0 Å². The van der Waals surface area contributed by atoms with Crippen LogP contribution in [0.25, 0.3) is 0 Å². The molecule has 0 atom stereocenters. The maximum absolute atomic E-state index is 7.69. The third-order valence-electron chi connectivity index (χ3n) is 3.01. The second-order valence-electron chi connectivity index (χ2n) is 4.70. The molecule has 0 fully saturated rings. The fourth-order valence-electron chi connectivity index (χ4n) is 2.07. The number of nitrogens with one attached hydrogen (secondary N) is 1. The summed E-state index contributed by atoms with van der Waals surface area (Å²) in [5.41, 5.74) is 9.29. The van der Waals surface area contributed by atoms with Gasteiger partial charge in [-0.25, -0.2) is 0 Å². The largest absolute Gasteiger partial charge is 0.384 e. The summed E-state index contributed by atoms with van der Waals surface area (Å²) >= 11 is 3.41. The number of aryl methyl sites for hydroxylation is 1. The lowest BCUT2D eigenvalue weighted by atomic mass is 10.1. The molecule has 0 aliphatic carbocycles. The van der Waals surface area contributed by atoms with E-state index in [0.29, 0.717) is 6.54 Å². The van der Waals surface area contributed by atoms with E-state index < -0.39 is 0 Å². The lowest BCUT2D eigenvalue weighted by molar-refractivity contribution is 0.875. The van der Waals surface area contributed by atoms with Gasteiger partial charge in [0, 0.05) is 28.5 Å². The molecule has 0 unspecified atom stereocenters. The molecule has 0 amide bonds. The van der Waals surface area contributed by atoms with Crippen LogP contribution >= 0.6 is 15.9 Å². The smallest absolute Gasteiger partial charge is 0.124 e. The lowest BCUT2D eigenvalue weighted by Crippen LogP contribution is -2.22. The molecule has 0 radical (unpaired) electrons. The Labute approximate surface area is 127 Å². The van der Waals surface area contributed by atoms with E-state index in [9.17, 15) is 0 Å². The van der Waals surface area contributed by atoms with Crippen LogP contribution in [0.2, 0.25) is 0 Å². The molecular formula is C15H17BrN4. The van der Waals surface area contributed by atoms with Gasteiger partial charge in [-0.1, -0.05) is 22.0 Å². The molecule has 2 rings (SSSR count). The van der Waals surface area contributed by atoms with Gasteiger partial charge in [-0.05, 0) is 37.3 Å². The van der Waals surface area contributed by atoms with Gasteiger partial charge in [0.1, 0.15) is 5.84 Å². The van der Waals surface area contributed by atoms with Crippen molar-refractivity contribution >= 4 is 27.5 Å². The summed E-state index contributed by atoms with van der Waals surface area (Å²) < 4.78 is 0.911. The molecule has 1 aromatic carbocycles. The van der Waals surface area contributed by atoms with E-state index in [4.69, 9.17) is 11.1 Å². The molecule has 1 heterocycles. The number of rotatable bonds is 4.